The first kappa shape index (κ1) is 26.6. The van der Waals surface area contributed by atoms with Crippen molar-refractivity contribution in [3.63, 3.8) is 0 Å². The van der Waals surface area contributed by atoms with Crippen LogP contribution in [0.2, 0.25) is 0 Å². The van der Waals surface area contributed by atoms with Crippen molar-refractivity contribution in [2.45, 2.75) is 71.4 Å². The van der Waals surface area contributed by atoms with Gasteiger partial charge in [0.25, 0.3) is 0 Å². The average Bonchev–Trinajstić information content (AvgIpc) is 3.36. The Morgan fingerprint density at radius 2 is 1.88 bits per heavy atom. The van der Waals surface area contributed by atoms with Crippen molar-refractivity contribution in [3.8, 4) is 17.2 Å². The molecule has 2 aromatic rings. The highest BCUT2D eigenvalue weighted by atomic mass is 19.1. The van der Waals surface area contributed by atoms with Gasteiger partial charge in [0.1, 0.15) is 17.3 Å². The lowest BCUT2D eigenvalue weighted by molar-refractivity contribution is -0.117. The number of unbranched alkanes of at least 4 members (excludes halogenated alkanes) is 1. The zero-order valence-corrected chi connectivity index (χ0v) is 19.9. The first-order valence-electron chi connectivity index (χ1n) is 11.6. The second-order valence-corrected chi connectivity index (χ2v) is 8.97. The molecule has 2 aromatic carbocycles. The molecular formula is C26H37FN2O4. The van der Waals surface area contributed by atoms with Gasteiger partial charge in [-0.3, -0.25) is 4.90 Å². The van der Waals surface area contributed by atoms with Crippen molar-refractivity contribution in [1.29, 1.82) is 0 Å². The smallest absolute Gasteiger partial charge is 0.157 e. The second kappa shape index (κ2) is 12.6. The Labute approximate surface area is 195 Å². The molecule has 0 bridgehead atoms. The molecule has 1 saturated heterocycles. The number of carbonyl (C=O) groups is 1. The molecule has 0 amide bonds. The highest BCUT2D eigenvalue weighted by molar-refractivity contribution is 5.75. The Kier molecular flexibility index (Phi) is 10.1. The molecular weight excluding hydrogens is 423 g/mol. The van der Waals surface area contributed by atoms with Crippen molar-refractivity contribution < 1.29 is 24.5 Å². The average molecular weight is 461 g/mol. The van der Waals surface area contributed by atoms with E-state index >= 15 is 0 Å². The number of benzene rings is 2. The van der Waals surface area contributed by atoms with E-state index in [0.717, 1.165) is 68.3 Å². The molecule has 2 aliphatic rings. The number of fused-ring (bicyclic) bond motifs is 1. The van der Waals surface area contributed by atoms with Crippen LogP contribution in [0.4, 0.5) is 4.39 Å². The number of hydrogen-bond acceptors (Lipinski definition) is 6. The van der Waals surface area contributed by atoms with Gasteiger partial charge in [0, 0.05) is 37.7 Å². The number of likely N-dealkylation sites (tertiary alicyclic amines) is 1. The van der Waals surface area contributed by atoms with Gasteiger partial charge >= 0.3 is 0 Å². The molecule has 0 radical (unpaired) electrons. The number of aryl methyl sites for hydroxylation is 1. The quantitative estimate of drug-likeness (QED) is 0.510. The Hall–Kier alpha value is -2.64. The molecule has 0 spiro atoms. The van der Waals surface area contributed by atoms with E-state index in [0.29, 0.717) is 11.8 Å². The monoisotopic (exact) mass is 460 g/mol. The highest BCUT2D eigenvalue weighted by Crippen LogP contribution is 2.32. The Bertz CT molecular complexity index is 935. The van der Waals surface area contributed by atoms with Crippen molar-refractivity contribution in [3.05, 3.63) is 52.8 Å². The van der Waals surface area contributed by atoms with E-state index in [1.807, 2.05) is 6.92 Å². The molecule has 1 heterocycles. The molecule has 4 rings (SSSR count). The normalized spacial score (nSPS) is 19.2. The fourth-order valence-electron chi connectivity index (χ4n) is 4.11. The lowest BCUT2D eigenvalue weighted by atomic mass is 10.1. The minimum Gasteiger partial charge on any atom is -0.508 e. The zero-order chi connectivity index (χ0) is 24.5. The lowest BCUT2D eigenvalue weighted by Gasteiger charge is -2.22. The fraction of sp³-hybridized carbons (Fsp3) is 0.500. The third kappa shape index (κ3) is 8.33. The van der Waals surface area contributed by atoms with Gasteiger partial charge in [0.15, 0.2) is 11.5 Å². The lowest BCUT2D eigenvalue weighted by Crippen LogP contribution is -2.36. The second-order valence-electron chi connectivity index (χ2n) is 8.97. The number of aromatic hydroxyl groups is 3. The van der Waals surface area contributed by atoms with Crippen LogP contribution < -0.4 is 5.73 Å². The maximum Gasteiger partial charge on any atom is 0.157 e. The molecule has 1 aliphatic carbocycles. The summed E-state index contributed by atoms with van der Waals surface area (Å²) in [5.41, 5.74) is 8.55. The van der Waals surface area contributed by atoms with Crippen LogP contribution in [0.5, 0.6) is 17.2 Å². The van der Waals surface area contributed by atoms with Gasteiger partial charge in [-0.1, -0.05) is 19.4 Å². The van der Waals surface area contributed by atoms with Gasteiger partial charge < -0.3 is 25.8 Å². The summed E-state index contributed by atoms with van der Waals surface area (Å²) >= 11 is 0. The van der Waals surface area contributed by atoms with Gasteiger partial charge in [-0.15, -0.1) is 0 Å². The predicted octanol–water partition coefficient (Wildman–Crippen LogP) is 4.20. The van der Waals surface area contributed by atoms with Gasteiger partial charge in [0.05, 0.1) is 0 Å². The van der Waals surface area contributed by atoms with E-state index in [4.69, 9.17) is 15.9 Å². The molecule has 2 unspecified atom stereocenters. The van der Waals surface area contributed by atoms with E-state index in [-0.39, 0.29) is 29.1 Å². The summed E-state index contributed by atoms with van der Waals surface area (Å²) in [4.78, 5) is 12.6. The van der Waals surface area contributed by atoms with Crippen LogP contribution in [0.25, 0.3) is 0 Å². The van der Waals surface area contributed by atoms with E-state index < -0.39 is 0 Å². The molecule has 1 aliphatic heterocycles. The molecule has 0 saturated carbocycles. The third-order valence-electron chi connectivity index (χ3n) is 5.95. The Balaban J connectivity index is 0.000000203. The van der Waals surface area contributed by atoms with E-state index in [9.17, 15) is 14.3 Å². The predicted molar refractivity (Wildman–Crippen MR) is 128 cm³/mol. The molecule has 1 fully saturated rings. The maximum absolute atomic E-state index is 13.7. The van der Waals surface area contributed by atoms with Gasteiger partial charge in [-0.25, -0.2) is 4.39 Å². The van der Waals surface area contributed by atoms with E-state index in [2.05, 4.69) is 11.8 Å². The van der Waals surface area contributed by atoms with Crippen LogP contribution >= 0.6 is 0 Å². The van der Waals surface area contributed by atoms with E-state index in [1.165, 1.54) is 18.2 Å². The maximum atomic E-state index is 13.7. The summed E-state index contributed by atoms with van der Waals surface area (Å²) in [7, 11) is 0. The van der Waals surface area contributed by atoms with Gasteiger partial charge in [-0.2, -0.15) is 0 Å². The van der Waals surface area contributed by atoms with Gasteiger partial charge in [-0.05, 0) is 74.4 Å². The number of nitrogens with zero attached hydrogens (tertiary/aromatic N) is 1. The number of halogens is 1. The largest absolute Gasteiger partial charge is 0.508 e. The molecule has 5 N–H and O–H groups in total. The number of phenols is 3. The first-order valence-corrected chi connectivity index (χ1v) is 11.6. The highest BCUT2D eigenvalue weighted by Gasteiger charge is 2.32. The van der Waals surface area contributed by atoms with Crippen LogP contribution in [-0.2, 0) is 17.6 Å². The van der Waals surface area contributed by atoms with Crippen molar-refractivity contribution >= 4 is 5.78 Å². The SMILES string of the molecule is CCCCC(C)=O.Cc1ccc(O)c(O)c1.NC1CCN(C2Cc3cc(O)cc(F)c3C2)C1. The molecule has 0 aromatic heterocycles. The minimum atomic E-state index is -0.272. The summed E-state index contributed by atoms with van der Waals surface area (Å²) in [5.74, 6) is -0.0662. The van der Waals surface area contributed by atoms with Crippen LogP contribution in [0.3, 0.4) is 0 Å². The summed E-state index contributed by atoms with van der Waals surface area (Å²) < 4.78 is 13.7. The van der Waals surface area contributed by atoms with Crippen LogP contribution in [0.1, 0.15) is 56.2 Å². The van der Waals surface area contributed by atoms with Crippen molar-refractivity contribution in [2.75, 3.05) is 13.1 Å². The number of phenolic OH excluding ortho intramolecular Hbond substituents is 3. The minimum absolute atomic E-state index is 0.0278. The van der Waals surface area contributed by atoms with Crippen molar-refractivity contribution in [2.24, 2.45) is 5.73 Å². The molecule has 2 atom stereocenters. The Morgan fingerprint density at radius 1 is 1.15 bits per heavy atom. The fourth-order valence-corrected chi connectivity index (χ4v) is 4.11. The zero-order valence-electron chi connectivity index (χ0n) is 19.9. The summed E-state index contributed by atoms with van der Waals surface area (Å²) in [5, 5.41) is 27.0. The van der Waals surface area contributed by atoms with Crippen molar-refractivity contribution in [1.82, 2.24) is 4.90 Å². The molecule has 7 heteroatoms. The van der Waals surface area contributed by atoms with Gasteiger partial charge in [0.2, 0.25) is 0 Å². The first-order chi connectivity index (χ1) is 15.6. The summed E-state index contributed by atoms with van der Waals surface area (Å²) in [6.45, 7) is 7.48. The van der Waals surface area contributed by atoms with E-state index in [1.54, 1.807) is 19.1 Å². The molecule has 6 nitrogen and oxygen atoms in total. The van der Waals surface area contributed by atoms with Crippen LogP contribution in [0.15, 0.2) is 30.3 Å². The topological polar surface area (TPSA) is 107 Å². The standard InChI is InChI=1S/C13H17FN2O.C7H8O2.C6H12O/c14-13-6-11(17)4-8-3-10(5-12(8)13)16-2-1-9(15)7-16;1-5-2-3-6(8)7(9)4-5;1-3-4-5-6(2)7/h4,6,9-10,17H,1-3,5,7,15H2;2-4,8-9H,1H3;3-5H2,1-2H3. The Morgan fingerprint density at radius 3 is 2.39 bits per heavy atom. The number of hydrogen-bond donors (Lipinski definition) is 4. The molecule has 33 heavy (non-hydrogen) atoms. The summed E-state index contributed by atoms with van der Waals surface area (Å²) in [6, 6.07) is 8.22. The number of carbonyl (C=O) groups excluding carboxylic acids is 1. The summed E-state index contributed by atoms with van der Waals surface area (Å²) in [6.07, 6.45) is 5.54. The number of Topliss-reactive ketones (excluding diaryl/α,β-unsaturated/α-hetero) is 1. The number of nitrogens with two attached hydrogens (primary N) is 1. The number of rotatable bonds is 4. The van der Waals surface area contributed by atoms with Crippen LogP contribution in [0, 0.1) is 12.7 Å². The van der Waals surface area contributed by atoms with Crippen LogP contribution in [-0.4, -0.2) is 51.2 Å². The third-order valence-corrected chi connectivity index (χ3v) is 5.95. The molecule has 182 valence electrons. The number of ketones is 1.